The zero-order chi connectivity index (χ0) is 20.5. The molecule has 0 aromatic heterocycles. The molecule has 148 valence electrons. The van der Waals surface area contributed by atoms with Crippen LogP contribution in [0.5, 0.6) is 11.5 Å². The first kappa shape index (κ1) is 21.7. The highest BCUT2D eigenvalue weighted by atomic mass is 79.9. The molecule has 0 aliphatic carbocycles. The summed E-state index contributed by atoms with van der Waals surface area (Å²) < 4.78 is 12.1. The minimum Gasteiger partial charge on any atom is -0.489 e. The standard InChI is InChI=1S/C22H25BrN2O3/c1-5-10-27-20-9-8-19(23)11-18(20)13-24-25-22(26)14-28-21-12-17(15(2)3)7-6-16(21)4/h5-9,11-13,15H,1,10,14H2,2-4H3,(H,25,26)/b24-13+. The zero-order valence-electron chi connectivity index (χ0n) is 16.4. The molecule has 0 atom stereocenters. The van der Waals surface area contributed by atoms with Crippen molar-refractivity contribution in [2.24, 2.45) is 5.10 Å². The van der Waals surface area contributed by atoms with Crippen molar-refractivity contribution in [1.82, 2.24) is 5.43 Å². The molecule has 2 aromatic carbocycles. The summed E-state index contributed by atoms with van der Waals surface area (Å²) >= 11 is 3.41. The van der Waals surface area contributed by atoms with Gasteiger partial charge >= 0.3 is 0 Å². The highest BCUT2D eigenvalue weighted by molar-refractivity contribution is 9.10. The number of benzene rings is 2. The third-order valence-electron chi connectivity index (χ3n) is 3.96. The fourth-order valence-electron chi connectivity index (χ4n) is 2.38. The van der Waals surface area contributed by atoms with Crippen LogP contribution in [0.3, 0.4) is 0 Å². The van der Waals surface area contributed by atoms with E-state index >= 15 is 0 Å². The normalized spacial score (nSPS) is 10.9. The van der Waals surface area contributed by atoms with Gasteiger partial charge in [-0.1, -0.05) is 54.6 Å². The van der Waals surface area contributed by atoms with E-state index in [9.17, 15) is 4.79 Å². The minimum absolute atomic E-state index is 0.113. The SMILES string of the molecule is C=CCOc1ccc(Br)cc1/C=N/NC(=O)COc1cc(C(C)C)ccc1C. The first-order valence-electron chi connectivity index (χ1n) is 8.99. The van der Waals surface area contributed by atoms with E-state index in [-0.39, 0.29) is 12.5 Å². The van der Waals surface area contributed by atoms with Gasteiger partial charge < -0.3 is 9.47 Å². The maximum absolute atomic E-state index is 12.1. The Morgan fingerprint density at radius 1 is 1.21 bits per heavy atom. The molecule has 0 spiro atoms. The molecule has 0 unspecified atom stereocenters. The molecule has 2 rings (SSSR count). The quantitative estimate of drug-likeness (QED) is 0.337. The van der Waals surface area contributed by atoms with Crippen molar-refractivity contribution in [1.29, 1.82) is 0 Å². The van der Waals surface area contributed by atoms with Gasteiger partial charge in [-0.3, -0.25) is 4.79 Å². The van der Waals surface area contributed by atoms with Gasteiger partial charge in [-0.05, 0) is 48.2 Å². The van der Waals surface area contributed by atoms with Crippen molar-refractivity contribution in [2.75, 3.05) is 13.2 Å². The Bertz CT molecular complexity index is 863. The van der Waals surface area contributed by atoms with Crippen LogP contribution in [0.2, 0.25) is 0 Å². The van der Waals surface area contributed by atoms with Crippen LogP contribution in [0, 0.1) is 6.92 Å². The van der Waals surface area contributed by atoms with Gasteiger partial charge in [-0.15, -0.1) is 0 Å². The van der Waals surface area contributed by atoms with Crippen molar-refractivity contribution in [3.8, 4) is 11.5 Å². The number of rotatable bonds is 9. The van der Waals surface area contributed by atoms with E-state index in [4.69, 9.17) is 9.47 Å². The van der Waals surface area contributed by atoms with Crippen LogP contribution < -0.4 is 14.9 Å². The largest absolute Gasteiger partial charge is 0.489 e. The van der Waals surface area contributed by atoms with Gasteiger partial charge in [0.2, 0.25) is 0 Å². The van der Waals surface area contributed by atoms with Crippen LogP contribution in [-0.2, 0) is 4.79 Å². The van der Waals surface area contributed by atoms with Gasteiger partial charge in [-0.2, -0.15) is 5.10 Å². The van der Waals surface area contributed by atoms with E-state index in [2.05, 4.69) is 52.9 Å². The van der Waals surface area contributed by atoms with Crippen molar-refractivity contribution < 1.29 is 14.3 Å². The van der Waals surface area contributed by atoms with E-state index < -0.39 is 0 Å². The molecule has 1 amide bonds. The summed E-state index contributed by atoms with van der Waals surface area (Å²) in [6, 6.07) is 11.6. The molecule has 0 heterocycles. The predicted octanol–water partition coefficient (Wildman–Crippen LogP) is 4.97. The van der Waals surface area contributed by atoms with E-state index in [0.29, 0.717) is 24.0 Å². The summed E-state index contributed by atoms with van der Waals surface area (Å²) in [6.07, 6.45) is 3.20. The summed E-state index contributed by atoms with van der Waals surface area (Å²) in [4.78, 5) is 12.1. The fraction of sp³-hybridized carbons (Fsp3) is 0.273. The Balaban J connectivity index is 1.95. The number of amides is 1. The second-order valence-electron chi connectivity index (χ2n) is 6.54. The van der Waals surface area contributed by atoms with Crippen LogP contribution in [0.25, 0.3) is 0 Å². The third kappa shape index (κ3) is 6.53. The number of hydrogen-bond donors (Lipinski definition) is 1. The lowest BCUT2D eigenvalue weighted by Crippen LogP contribution is -2.24. The Hall–Kier alpha value is -2.60. The lowest BCUT2D eigenvalue weighted by Gasteiger charge is -2.12. The van der Waals surface area contributed by atoms with Gasteiger partial charge in [0.25, 0.3) is 5.91 Å². The van der Waals surface area contributed by atoms with Crippen LogP contribution in [0.15, 0.2) is 58.6 Å². The molecule has 0 fully saturated rings. The van der Waals surface area contributed by atoms with Gasteiger partial charge in [0.15, 0.2) is 6.61 Å². The minimum atomic E-state index is -0.339. The predicted molar refractivity (Wildman–Crippen MR) is 116 cm³/mol. The number of aryl methyl sites for hydroxylation is 1. The molecule has 0 saturated heterocycles. The van der Waals surface area contributed by atoms with Crippen molar-refractivity contribution >= 4 is 28.1 Å². The highest BCUT2D eigenvalue weighted by Gasteiger charge is 2.08. The van der Waals surface area contributed by atoms with Crippen LogP contribution >= 0.6 is 15.9 Å². The number of nitrogens with zero attached hydrogens (tertiary/aromatic N) is 1. The molecular formula is C22H25BrN2O3. The van der Waals surface area contributed by atoms with Crippen molar-refractivity contribution in [2.45, 2.75) is 26.7 Å². The number of halogens is 1. The number of nitrogens with one attached hydrogen (secondary N) is 1. The Kier molecular flexibility index (Phi) is 8.26. The lowest BCUT2D eigenvalue weighted by atomic mass is 10.0. The van der Waals surface area contributed by atoms with Gasteiger partial charge in [0.05, 0.1) is 6.21 Å². The summed E-state index contributed by atoms with van der Waals surface area (Å²) in [5, 5.41) is 4.00. The second kappa shape index (κ2) is 10.7. The molecule has 6 heteroatoms. The molecule has 5 nitrogen and oxygen atoms in total. The summed E-state index contributed by atoms with van der Waals surface area (Å²) in [5.74, 6) is 1.41. The lowest BCUT2D eigenvalue weighted by molar-refractivity contribution is -0.123. The number of hydrazone groups is 1. The number of carbonyl (C=O) groups excluding carboxylic acids is 1. The first-order chi connectivity index (χ1) is 13.4. The van der Waals surface area contributed by atoms with Crippen LogP contribution in [0.4, 0.5) is 0 Å². The van der Waals surface area contributed by atoms with Gasteiger partial charge in [0, 0.05) is 10.0 Å². The van der Waals surface area contributed by atoms with Gasteiger partial charge in [0.1, 0.15) is 18.1 Å². The molecule has 0 radical (unpaired) electrons. The molecule has 0 saturated carbocycles. The monoisotopic (exact) mass is 444 g/mol. The summed E-state index contributed by atoms with van der Waals surface area (Å²) in [5.41, 5.74) is 5.36. The first-order valence-corrected chi connectivity index (χ1v) is 9.78. The molecule has 2 aromatic rings. The van der Waals surface area contributed by atoms with E-state index in [1.165, 1.54) is 11.8 Å². The number of carbonyl (C=O) groups is 1. The summed E-state index contributed by atoms with van der Waals surface area (Å²) in [7, 11) is 0. The summed E-state index contributed by atoms with van der Waals surface area (Å²) in [6.45, 7) is 10.1. The maximum atomic E-state index is 12.1. The maximum Gasteiger partial charge on any atom is 0.277 e. The van der Waals surface area contributed by atoms with Crippen molar-refractivity contribution in [3.63, 3.8) is 0 Å². The highest BCUT2D eigenvalue weighted by Crippen LogP contribution is 2.24. The fourth-order valence-corrected chi connectivity index (χ4v) is 2.76. The second-order valence-corrected chi connectivity index (χ2v) is 7.46. The van der Waals surface area contributed by atoms with E-state index in [1.807, 2.05) is 37.3 Å². The van der Waals surface area contributed by atoms with E-state index in [1.54, 1.807) is 6.08 Å². The van der Waals surface area contributed by atoms with E-state index in [0.717, 1.165) is 15.6 Å². The topological polar surface area (TPSA) is 59.9 Å². The van der Waals surface area contributed by atoms with Crippen LogP contribution in [-0.4, -0.2) is 25.3 Å². The number of hydrogen-bond acceptors (Lipinski definition) is 4. The molecular weight excluding hydrogens is 420 g/mol. The zero-order valence-corrected chi connectivity index (χ0v) is 18.0. The smallest absolute Gasteiger partial charge is 0.277 e. The third-order valence-corrected chi connectivity index (χ3v) is 4.45. The van der Waals surface area contributed by atoms with Crippen molar-refractivity contribution in [3.05, 3.63) is 70.2 Å². The Morgan fingerprint density at radius 2 is 2.00 bits per heavy atom. The molecule has 1 N–H and O–H groups in total. The Labute approximate surface area is 174 Å². The van der Waals surface area contributed by atoms with Crippen LogP contribution in [0.1, 0.15) is 36.5 Å². The Morgan fingerprint density at radius 3 is 2.71 bits per heavy atom. The average molecular weight is 445 g/mol. The van der Waals surface area contributed by atoms with Gasteiger partial charge in [-0.25, -0.2) is 5.43 Å². The molecule has 0 bridgehead atoms. The number of ether oxygens (including phenoxy) is 2. The molecule has 0 aliphatic heterocycles. The molecule has 0 aliphatic rings. The average Bonchev–Trinajstić information content (AvgIpc) is 2.66. The molecule has 28 heavy (non-hydrogen) atoms.